The molecule has 4 aromatic carbocycles. The zero-order valence-corrected chi connectivity index (χ0v) is 12.7. The fraction of sp³-hybridized carbons (Fsp3) is 0.0476. The summed E-state index contributed by atoms with van der Waals surface area (Å²) in [6.07, 6.45) is 0. The summed E-state index contributed by atoms with van der Waals surface area (Å²) in [6.45, 7) is 0. The average molecular weight is 285 g/mol. The van der Waals surface area contributed by atoms with Crippen LogP contribution in [0.25, 0.3) is 21.5 Å². The average Bonchev–Trinajstić information content (AvgIpc) is 2.62. The van der Waals surface area contributed by atoms with E-state index >= 15 is 0 Å². The predicted molar refractivity (Wildman–Crippen MR) is 97.4 cm³/mol. The molecule has 1 N–H and O–H groups in total. The summed E-state index contributed by atoms with van der Waals surface area (Å²) in [6, 6.07) is 31.3. The maximum Gasteiger partial charge on any atom is 0.0417 e. The van der Waals surface area contributed by atoms with Crippen LogP contribution in [0.2, 0.25) is 0 Å². The van der Waals surface area contributed by atoms with Crippen LogP contribution < -0.4 is 5.32 Å². The summed E-state index contributed by atoms with van der Waals surface area (Å²) < 4.78 is 0. The molecule has 0 unspecified atom stereocenters. The molecule has 4 rings (SSSR count). The molecule has 1 heteroatoms. The van der Waals surface area contributed by atoms with Crippen molar-refractivity contribution in [1.29, 1.82) is 0 Å². The Kier molecular flexibility index (Phi) is 4.35. The standard InChI is InChI=1S/C11H11N.C10H8/c1-12-11-8-4-6-9-5-2-3-7-10(9)11;1-2-6-10-8-4-3-7-9(10)5-1/h2-8,12H,1H3;1-8H. The van der Waals surface area contributed by atoms with E-state index in [1.54, 1.807) is 0 Å². The molecule has 0 saturated heterocycles. The molecule has 0 radical (unpaired) electrons. The van der Waals surface area contributed by atoms with Crippen molar-refractivity contribution in [2.24, 2.45) is 0 Å². The van der Waals surface area contributed by atoms with Crippen molar-refractivity contribution in [1.82, 2.24) is 0 Å². The van der Waals surface area contributed by atoms with E-state index in [1.165, 1.54) is 27.2 Å². The van der Waals surface area contributed by atoms with Gasteiger partial charge in [0, 0.05) is 18.1 Å². The first-order valence-electron chi connectivity index (χ1n) is 7.48. The van der Waals surface area contributed by atoms with E-state index < -0.39 is 0 Å². The topological polar surface area (TPSA) is 12.0 Å². The van der Waals surface area contributed by atoms with Gasteiger partial charge in [0.15, 0.2) is 0 Å². The molecule has 0 bridgehead atoms. The first kappa shape index (κ1) is 14.2. The van der Waals surface area contributed by atoms with Gasteiger partial charge < -0.3 is 5.32 Å². The van der Waals surface area contributed by atoms with E-state index in [4.69, 9.17) is 0 Å². The molecule has 22 heavy (non-hydrogen) atoms. The highest BCUT2D eigenvalue weighted by molar-refractivity contribution is 5.93. The largest absolute Gasteiger partial charge is 0.388 e. The number of benzene rings is 4. The Morgan fingerprint density at radius 3 is 1.50 bits per heavy atom. The maximum absolute atomic E-state index is 3.17. The molecule has 0 heterocycles. The van der Waals surface area contributed by atoms with Crippen LogP contribution in [-0.4, -0.2) is 7.05 Å². The Morgan fingerprint density at radius 1 is 0.500 bits per heavy atom. The summed E-state index contributed by atoms with van der Waals surface area (Å²) in [5.74, 6) is 0. The van der Waals surface area contributed by atoms with Gasteiger partial charge in [0.05, 0.1) is 0 Å². The first-order chi connectivity index (χ1) is 10.9. The highest BCUT2D eigenvalue weighted by atomic mass is 14.8. The zero-order chi connectivity index (χ0) is 15.2. The molecule has 0 atom stereocenters. The molecule has 0 aromatic heterocycles. The van der Waals surface area contributed by atoms with Crippen LogP contribution in [0.4, 0.5) is 5.69 Å². The molecule has 1 nitrogen and oxygen atoms in total. The lowest BCUT2D eigenvalue weighted by atomic mass is 10.1. The summed E-state index contributed by atoms with van der Waals surface area (Å²) in [5, 5.41) is 8.35. The van der Waals surface area contributed by atoms with Crippen molar-refractivity contribution in [2.75, 3.05) is 12.4 Å². The van der Waals surface area contributed by atoms with E-state index in [2.05, 4.69) is 96.3 Å². The van der Waals surface area contributed by atoms with Crippen LogP contribution in [0.5, 0.6) is 0 Å². The van der Waals surface area contributed by atoms with Gasteiger partial charge in [0.2, 0.25) is 0 Å². The van der Waals surface area contributed by atoms with E-state index in [0.29, 0.717) is 0 Å². The van der Waals surface area contributed by atoms with Crippen LogP contribution in [0, 0.1) is 0 Å². The second-order valence-electron chi connectivity index (χ2n) is 5.12. The van der Waals surface area contributed by atoms with Crippen LogP contribution >= 0.6 is 0 Å². The Balaban J connectivity index is 0.000000133. The molecule has 108 valence electrons. The lowest BCUT2D eigenvalue weighted by Crippen LogP contribution is -1.88. The Morgan fingerprint density at radius 2 is 0.955 bits per heavy atom. The minimum absolute atomic E-state index is 1.19. The summed E-state index contributed by atoms with van der Waals surface area (Å²) in [7, 11) is 1.95. The second kappa shape index (κ2) is 6.77. The third-order valence-corrected chi connectivity index (χ3v) is 3.72. The fourth-order valence-corrected chi connectivity index (χ4v) is 2.58. The lowest BCUT2D eigenvalue weighted by Gasteiger charge is -2.04. The number of nitrogens with one attached hydrogen (secondary N) is 1. The van der Waals surface area contributed by atoms with Crippen LogP contribution in [0.1, 0.15) is 0 Å². The predicted octanol–water partition coefficient (Wildman–Crippen LogP) is 5.72. The van der Waals surface area contributed by atoms with Gasteiger partial charge in [0.25, 0.3) is 0 Å². The van der Waals surface area contributed by atoms with Crippen molar-refractivity contribution in [3.8, 4) is 0 Å². The van der Waals surface area contributed by atoms with E-state index in [1.807, 2.05) is 7.05 Å². The van der Waals surface area contributed by atoms with Crippen molar-refractivity contribution >= 4 is 27.2 Å². The molecule has 0 amide bonds. The van der Waals surface area contributed by atoms with Gasteiger partial charge in [-0.3, -0.25) is 0 Å². The minimum atomic E-state index is 1.19. The van der Waals surface area contributed by atoms with Crippen molar-refractivity contribution in [3.05, 3.63) is 91.0 Å². The van der Waals surface area contributed by atoms with Gasteiger partial charge in [-0.2, -0.15) is 0 Å². The number of anilines is 1. The number of hydrogen-bond donors (Lipinski definition) is 1. The lowest BCUT2D eigenvalue weighted by molar-refractivity contribution is 1.55. The Labute approximate surface area is 131 Å². The molecule has 0 aliphatic carbocycles. The summed E-state index contributed by atoms with van der Waals surface area (Å²) in [5.41, 5.74) is 1.19. The molecular formula is C21H19N. The van der Waals surface area contributed by atoms with Gasteiger partial charge in [-0.1, -0.05) is 84.9 Å². The first-order valence-corrected chi connectivity index (χ1v) is 7.48. The number of hydrogen-bond acceptors (Lipinski definition) is 1. The van der Waals surface area contributed by atoms with Gasteiger partial charge in [-0.15, -0.1) is 0 Å². The van der Waals surface area contributed by atoms with Crippen LogP contribution in [0.15, 0.2) is 91.0 Å². The molecule has 0 fully saturated rings. The molecule has 0 aliphatic heterocycles. The summed E-state index contributed by atoms with van der Waals surface area (Å²) in [4.78, 5) is 0. The van der Waals surface area contributed by atoms with Gasteiger partial charge in [-0.25, -0.2) is 0 Å². The third kappa shape index (κ3) is 3.09. The minimum Gasteiger partial charge on any atom is -0.388 e. The monoisotopic (exact) mass is 285 g/mol. The quantitative estimate of drug-likeness (QED) is 0.471. The highest BCUT2D eigenvalue weighted by Gasteiger charge is 1.95. The fourth-order valence-electron chi connectivity index (χ4n) is 2.58. The van der Waals surface area contributed by atoms with E-state index in [0.717, 1.165) is 0 Å². The molecule has 0 spiro atoms. The van der Waals surface area contributed by atoms with Crippen molar-refractivity contribution < 1.29 is 0 Å². The molecule has 4 aromatic rings. The Hall–Kier alpha value is -2.80. The van der Waals surface area contributed by atoms with Crippen LogP contribution in [0.3, 0.4) is 0 Å². The summed E-state index contributed by atoms with van der Waals surface area (Å²) >= 11 is 0. The Bertz CT molecular complexity index is 810. The second-order valence-corrected chi connectivity index (χ2v) is 5.12. The normalized spacial score (nSPS) is 10.0. The van der Waals surface area contributed by atoms with E-state index in [-0.39, 0.29) is 0 Å². The van der Waals surface area contributed by atoms with E-state index in [9.17, 15) is 0 Å². The molecule has 0 saturated carbocycles. The molecular weight excluding hydrogens is 266 g/mol. The highest BCUT2D eigenvalue weighted by Crippen LogP contribution is 2.21. The smallest absolute Gasteiger partial charge is 0.0417 e. The van der Waals surface area contributed by atoms with Gasteiger partial charge in [-0.05, 0) is 22.2 Å². The maximum atomic E-state index is 3.17. The van der Waals surface area contributed by atoms with Crippen LogP contribution in [-0.2, 0) is 0 Å². The van der Waals surface area contributed by atoms with Gasteiger partial charge >= 0.3 is 0 Å². The third-order valence-electron chi connectivity index (χ3n) is 3.72. The SMILES string of the molecule is CNc1cccc2ccccc12.c1ccc2ccccc2c1. The number of fused-ring (bicyclic) bond motifs is 2. The molecule has 0 aliphatic rings. The zero-order valence-electron chi connectivity index (χ0n) is 12.7. The number of rotatable bonds is 1. The van der Waals surface area contributed by atoms with Crippen molar-refractivity contribution in [3.63, 3.8) is 0 Å². The van der Waals surface area contributed by atoms with Crippen molar-refractivity contribution in [2.45, 2.75) is 0 Å². The van der Waals surface area contributed by atoms with Gasteiger partial charge in [0.1, 0.15) is 0 Å².